The first-order chi connectivity index (χ1) is 19.2. The van der Waals surface area contributed by atoms with Crippen LogP contribution in [0.15, 0.2) is 24.3 Å². The van der Waals surface area contributed by atoms with Crippen LogP contribution in [0.1, 0.15) is 48.5 Å². The summed E-state index contributed by atoms with van der Waals surface area (Å²) in [6.45, 7) is 6.34. The Balaban J connectivity index is 1.34. The van der Waals surface area contributed by atoms with Gasteiger partial charge in [-0.1, -0.05) is 42.3 Å². The van der Waals surface area contributed by atoms with Gasteiger partial charge in [0.2, 0.25) is 0 Å². The molecular weight excluding hydrogens is 557 g/mol. The zero-order valence-corrected chi connectivity index (χ0v) is 24.0. The number of aliphatic hydroxyl groups is 1. The quantitative estimate of drug-likeness (QED) is 0.272. The van der Waals surface area contributed by atoms with Gasteiger partial charge < -0.3 is 32.1 Å². The molecule has 3 heterocycles. The van der Waals surface area contributed by atoms with Crippen LogP contribution in [0.4, 0.5) is 16.4 Å². The number of amides is 3. The fourth-order valence-electron chi connectivity index (χ4n) is 5.45. The maximum Gasteiger partial charge on any atom is 0.312 e. The number of rotatable bonds is 9. The van der Waals surface area contributed by atoms with Crippen LogP contribution in [0.5, 0.6) is 0 Å². The third kappa shape index (κ3) is 7.24. The number of urea groups is 1. The first-order valence-electron chi connectivity index (χ1n) is 13.5. The zero-order chi connectivity index (χ0) is 28.8. The molecule has 218 valence electrons. The van der Waals surface area contributed by atoms with Crippen molar-refractivity contribution in [3.63, 3.8) is 0 Å². The zero-order valence-electron chi connectivity index (χ0n) is 22.5. The number of nitrogen functional groups attached to an aromatic ring is 1. The Kier molecular flexibility index (Phi) is 10.3. The van der Waals surface area contributed by atoms with E-state index in [2.05, 4.69) is 42.2 Å². The molecule has 0 saturated carbocycles. The monoisotopic (exact) mass is 593 g/mol. The molecule has 2 saturated heterocycles. The fourth-order valence-corrected chi connectivity index (χ4v) is 5.82. The number of carbonyl (C=O) groups is 2. The summed E-state index contributed by atoms with van der Waals surface area (Å²) < 4.78 is 0. The van der Waals surface area contributed by atoms with Crippen molar-refractivity contribution in [3.8, 4) is 0 Å². The lowest BCUT2D eigenvalue weighted by Crippen LogP contribution is -2.58. The van der Waals surface area contributed by atoms with Crippen molar-refractivity contribution in [3.05, 3.63) is 45.7 Å². The molecule has 2 aromatic rings. The SMILES string of the molecule is CC[C@H]1CN(c2nc(N)c(C(=O)NCCNC(N)=O)nc2Cl)CCN1C1CCN(C(O)c2ccc(Cl)cc2)CC1. The Morgan fingerprint density at radius 3 is 2.40 bits per heavy atom. The van der Waals surface area contributed by atoms with E-state index >= 15 is 0 Å². The predicted molar refractivity (Wildman–Crippen MR) is 155 cm³/mol. The molecule has 0 spiro atoms. The summed E-state index contributed by atoms with van der Waals surface area (Å²) in [4.78, 5) is 38.7. The van der Waals surface area contributed by atoms with Crippen LogP contribution in [0.3, 0.4) is 0 Å². The van der Waals surface area contributed by atoms with E-state index in [0.717, 1.165) is 44.5 Å². The van der Waals surface area contributed by atoms with E-state index in [-0.39, 0.29) is 35.8 Å². The first-order valence-corrected chi connectivity index (χ1v) is 14.3. The van der Waals surface area contributed by atoms with E-state index in [1.54, 1.807) is 12.1 Å². The Bertz CT molecular complexity index is 1180. The summed E-state index contributed by atoms with van der Waals surface area (Å²) in [5.41, 5.74) is 11.9. The smallest absolute Gasteiger partial charge is 0.312 e. The van der Waals surface area contributed by atoms with Crippen LogP contribution in [-0.2, 0) is 0 Å². The van der Waals surface area contributed by atoms with Crippen molar-refractivity contribution in [1.29, 1.82) is 0 Å². The number of nitrogens with one attached hydrogen (secondary N) is 2. The number of piperazine rings is 1. The highest BCUT2D eigenvalue weighted by atomic mass is 35.5. The highest BCUT2D eigenvalue weighted by Gasteiger charge is 2.35. The second-order valence-corrected chi connectivity index (χ2v) is 10.9. The number of anilines is 2. The summed E-state index contributed by atoms with van der Waals surface area (Å²) in [5, 5.41) is 16.6. The summed E-state index contributed by atoms with van der Waals surface area (Å²) in [6, 6.07) is 7.37. The van der Waals surface area contributed by atoms with E-state index in [1.165, 1.54) is 0 Å². The molecular formula is C26H37Cl2N9O3. The van der Waals surface area contributed by atoms with Gasteiger partial charge in [0, 0.05) is 62.9 Å². The van der Waals surface area contributed by atoms with E-state index in [0.29, 0.717) is 30.0 Å². The van der Waals surface area contributed by atoms with Gasteiger partial charge in [-0.05, 0) is 37.0 Å². The first kappa shape index (κ1) is 30.1. The lowest BCUT2D eigenvalue weighted by Gasteiger charge is -2.48. The summed E-state index contributed by atoms with van der Waals surface area (Å²) in [7, 11) is 0. The van der Waals surface area contributed by atoms with Crippen molar-refractivity contribution in [1.82, 2.24) is 30.4 Å². The molecule has 3 amide bonds. The van der Waals surface area contributed by atoms with Gasteiger partial charge in [-0.3, -0.25) is 14.6 Å². The molecule has 12 nitrogen and oxygen atoms in total. The molecule has 0 radical (unpaired) electrons. The van der Waals surface area contributed by atoms with Crippen LogP contribution in [0, 0.1) is 0 Å². The lowest BCUT2D eigenvalue weighted by atomic mass is 9.97. The number of halogens is 2. The number of aliphatic hydroxyl groups excluding tert-OH is 1. The number of aromatic nitrogens is 2. The molecule has 40 heavy (non-hydrogen) atoms. The number of nitrogens with two attached hydrogens (primary N) is 2. The Hall–Kier alpha value is -2.90. The third-order valence-electron chi connectivity index (χ3n) is 7.57. The van der Waals surface area contributed by atoms with Crippen LogP contribution in [-0.4, -0.2) is 94.7 Å². The fraction of sp³-hybridized carbons (Fsp3) is 0.538. The standard InChI is InChI=1S/C26H37Cl2N9O3/c1-2-18-15-36(23-21(28)33-20(22(29)34-23)24(38)31-9-10-32-26(30)40)13-14-37(18)19-7-11-35(12-8-19)25(39)16-3-5-17(27)6-4-16/h3-6,18-19,25,39H,2,7-15H2,1H3,(H2,29,34)(H,31,38)(H3,30,32,40)/t18-,25?/m0/s1. The Morgan fingerprint density at radius 1 is 1.07 bits per heavy atom. The molecule has 4 rings (SSSR count). The number of piperidine rings is 1. The summed E-state index contributed by atoms with van der Waals surface area (Å²) >= 11 is 12.5. The summed E-state index contributed by atoms with van der Waals surface area (Å²) in [6.07, 6.45) is 2.24. The van der Waals surface area contributed by atoms with Crippen molar-refractivity contribution >= 4 is 46.8 Å². The van der Waals surface area contributed by atoms with Crippen LogP contribution in [0.25, 0.3) is 0 Å². The average molecular weight is 595 g/mol. The van der Waals surface area contributed by atoms with Crippen molar-refractivity contribution in [2.45, 2.75) is 44.5 Å². The number of nitrogens with zero attached hydrogens (tertiary/aromatic N) is 5. The molecule has 7 N–H and O–H groups in total. The minimum atomic E-state index is -0.676. The second-order valence-electron chi connectivity index (χ2n) is 10.1. The third-order valence-corrected chi connectivity index (χ3v) is 8.08. The maximum absolute atomic E-state index is 12.5. The average Bonchev–Trinajstić information content (AvgIpc) is 2.96. The molecule has 0 aliphatic carbocycles. The van der Waals surface area contributed by atoms with Gasteiger partial charge in [-0.15, -0.1) is 0 Å². The lowest BCUT2D eigenvalue weighted by molar-refractivity contribution is -0.0328. The molecule has 1 unspecified atom stereocenters. The van der Waals surface area contributed by atoms with Crippen LogP contribution < -0.4 is 27.0 Å². The van der Waals surface area contributed by atoms with Crippen LogP contribution >= 0.6 is 23.2 Å². The van der Waals surface area contributed by atoms with Crippen molar-refractivity contribution < 1.29 is 14.7 Å². The second kappa shape index (κ2) is 13.6. The molecule has 2 atom stereocenters. The van der Waals surface area contributed by atoms with Gasteiger partial charge in [-0.2, -0.15) is 0 Å². The summed E-state index contributed by atoms with van der Waals surface area (Å²) in [5.74, 6) is -0.0829. The molecule has 2 fully saturated rings. The predicted octanol–water partition coefficient (Wildman–Crippen LogP) is 1.82. The largest absolute Gasteiger partial charge is 0.382 e. The van der Waals surface area contributed by atoms with E-state index < -0.39 is 18.2 Å². The highest BCUT2D eigenvalue weighted by molar-refractivity contribution is 6.32. The normalized spacial score (nSPS) is 19.8. The topological polar surface area (TPSA) is 166 Å². The molecule has 14 heteroatoms. The van der Waals surface area contributed by atoms with E-state index in [9.17, 15) is 14.7 Å². The number of hydrogen-bond acceptors (Lipinski definition) is 9. The van der Waals surface area contributed by atoms with Gasteiger partial charge in [0.15, 0.2) is 22.5 Å². The van der Waals surface area contributed by atoms with Gasteiger partial charge >= 0.3 is 6.03 Å². The minimum absolute atomic E-state index is 0.0122. The van der Waals surface area contributed by atoms with Gasteiger partial charge in [0.05, 0.1) is 0 Å². The number of hydrogen-bond donors (Lipinski definition) is 5. The number of benzene rings is 1. The molecule has 0 bridgehead atoms. The number of primary amides is 1. The van der Waals surface area contributed by atoms with E-state index in [4.69, 9.17) is 34.7 Å². The van der Waals surface area contributed by atoms with Gasteiger partial charge in [0.25, 0.3) is 5.91 Å². The minimum Gasteiger partial charge on any atom is -0.382 e. The molecule has 1 aromatic heterocycles. The number of likely N-dealkylation sites (tertiary alicyclic amines) is 1. The Morgan fingerprint density at radius 2 is 1.75 bits per heavy atom. The maximum atomic E-state index is 12.5. The Labute approximate surface area is 244 Å². The highest BCUT2D eigenvalue weighted by Crippen LogP contribution is 2.31. The van der Waals surface area contributed by atoms with E-state index in [1.807, 2.05) is 12.1 Å². The van der Waals surface area contributed by atoms with Crippen molar-refractivity contribution in [2.75, 3.05) is 56.4 Å². The van der Waals surface area contributed by atoms with Crippen molar-refractivity contribution in [2.24, 2.45) is 5.73 Å². The molecule has 1 aromatic carbocycles. The van der Waals surface area contributed by atoms with Crippen LogP contribution in [0.2, 0.25) is 10.2 Å². The van der Waals surface area contributed by atoms with Gasteiger partial charge in [-0.25, -0.2) is 14.8 Å². The van der Waals surface area contributed by atoms with Gasteiger partial charge in [0.1, 0.15) is 6.23 Å². The number of carbonyl (C=O) groups excluding carboxylic acids is 2. The molecule has 2 aliphatic rings. The molecule has 2 aliphatic heterocycles.